The minimum atomic E-state index is -0.627. The molecule has 0 unspecified atom stereocenters. The number of methoxy groups -OCH3 is 1. The number of alkyl halides is 1. The summed E-state index contributed by atoms with van der Waals surface area (Å²) in [5.41, 5.74) is 3.07. The standard InChI is InChI=1S/C20H26BrNO2/c1-15(17-8-6-5-7-9-17)22(19(23)20(2,3)21)14-16-10-12-18(24-4)13-11-16/h8,10-13H,1,5-7,9,14H2,2-4H3. The molecular weight excluding hydrogens is 366 g/mol. The molecule has 0 heterocycles. The molecule has 0 atom stereocenters. The molecule has 1 aliphatic rings. The Hall–Kier alpha value is -1.55. The lowest BCUT2D eigenvalue weighted by atomic mass is 9.96. The number of hydrogen-bond donors (Lipinski definition) is 0. The monoisotopic (exact) mass is 391 g/mol. The quantitative estimate of drug-likeness (QED) is 0.622. The van der Waals surface area contributed by atoms with Crippen molar-refractivity contribution < 1.29 is 9.53 Å². The smallest absolute Gasteiger partial charge is 0.243 e. The van der Waals surface area contributed by atoms with E-state index in [4.69, 9.17) is 4.74 Å². The topological polar surface area (TPSA) is 29.5 Å². The molecular formula is C20H26BrNO2. The molecule has 0 saturated carbocycles. The third kappa shape index (κ3) is 4.73. The van der Waals surface area contributed by atoms with Crippen LogP contribution in [0.3, 0.4) is 0 Å². The van der Waals surface area contributed by atoms with Crippen LogP contribution in [0, 0.1) is 0 Å². The van der Waals surface area contributed by atoms with Gasteiger partial charge in [-0.1, -0.05) is 40.7 Å². The van der Waals surface area contributed by atoms with Crippen LogP contribution in [-0.2, 0) is 11.3 Å². The van der Waals surface area contributed by atoms with E-state index in [9.17, 15) is 4.79 Å². The third-order valence-corrected chi connectivity index (χ3v) is 4.58. The largest absolute Gasteiger partial charge is 0.497 e. The summed E-state index contributed by atoms with van der Waals surface area (Å²) in [4.78, 5) is 14.7. The Morgan fingerprint density at radius 3 is 2.46 bits per heavy atom. The van der Waals surface area contributed by atoms with Crippen LogP contribution < -0.4 is 4.74 Å². The van der Waals surface area contributed by atoms with Crippen molar-refractivity contribution in [2.75, 3.05) is 7.11 Å². The summed E-state index contributed by atoms with van der Waals surface area (Å²) in [5.74, 6) is 0.834. The second-order valence-electron chi connectivity index (χ2n) is 6.63. The van der Waals surface area contributed by atoms with Gasteiger partial charge >= 0.3 is 0 Å². The van der Waals surface area contributed by atoms with Crippen LogP contribution in [-0.4, -0.2) is 22.2 Å². The van der Waals surface area contributed by atoms with E-state index >= 15 is 0 Å². The van der Waals surface area contributed by atoms with Crippen molar-refractivity contribution in [3.05, 3.63) is 53.8 Å². The number of allylic oxidation sites excluding steroid dienone is 2. The highest BCUT2D eigenvalue weighted by Gasteiger charge is 2.31. The Morgan fingerprint density at radius 1 is 1.29 bits per heavy atom. The maximum absolute atomic E-state index is 12.9. The number of carbonyl (C=O) groups is 1. The van der Waals surface area contributed by atoms with Crippen LogP contribution in [0.5, 0.6) is 5.75 Å². The molecule has 1 aromatic carbocycles. The van der Waals surface area contributed by atoms with Gasteiger partial charge in [-0.3, -0.25) is 4.79 Å². The Morgan fingerprint density at radius 2 is 1.96 bits per heavy atom. The van der Waals surface area contributed by atoms with Gasteiger partial charge in [0.1, 0.15) is 5.75 Å². The van der Waals surface area contributed by atoms with E-state index in [1.165, 1.54) is 12.0 Å². The van der Waals surface area contributed by atoms with Crippen molar-refractivity contribution >= 4 is 21.8 Å². The lowest BCUT2D eigenvalue weighted by molar-refractivity contribution is -0.131. The van der Waals surface area contributed by atoms with Crippen LogP contribution >= 0.6 is 15.9 Å². The summed E-state index contributed by atoms with van der Waals surface area (Å²) in [5, 5.41) is 0. The molecule has 0 aliphatic heterocycles. The zero-order valence-electron chi connectivity index (χ0n) is 14.8. The van der Waals surface area contributed by atoms with Crippen molar-refractivity contribution in [2.45, 2.75) is 50.4 Å². The highest BCUT2D eigenvalue weighted by atomic mass is 79.9. The first-order chi connectivity index (χ1) is 11.3. The Balaban J connectivity index is 2.26. The molecule has 2 rings (SSSR count). The minimum Gasteiger partial charge on any atom is -0.497 e. The van der Waals surface area contributed by atoms with E-state index in [1.54, 1.807) is 12.0 Å². The number of halogens is 1. The zero-order valence-corrected chi connectivity index (χ0v) is 16.4. The lowest BCUT2D eigenvalue weighted by Crippen LogP contribution is -2.41. The number of ether oxygens (including phenoxy) is 1. The first kappa shape index (κ1) is 18.8. The average Bonchev–Trinajstić information content (AvgIpc) is 2.59. The second-order valence-corrected chi connectivity index (χ2v) is 8.62. The van der Waals surface area contributed by atoms with Gasteiger partial charge in [-0.15, -0.1) is 0 Å². The van der Waals surface area contributed by atoms with E-state index in [-0.39, 0.29) is 5.91 Å². The second kappa shape index (κ2) is 8.02. The molecule has 130 valence electrons. The SMILES string of the molecule is C=C(C1=CCCCC1)N(Cc1ccc(OC)cc1)C(=O)C(C)(C)Br. The maximum atomic E-state index is 12.9. The van der Waals surface area contributed by atoms with E-state index in [1.807, 2.05) is 38.1 Å². The number of hydrogen-bond acceptors (Lipinski definition) is 2. The zero-order chi connectivity index (χ0) is 17.7. The van der Waals surface area contributed by atoms with E-state index in [0.29, 0.717) is 6.54 Å². The first-order valence-corrected chi connectivity index (χ1v) is 9.14. The van der Waals surface area contributed by atoms with Crippen LogP contribution in [0.1, 0.15) is 45.1 Å². The molecule has 0 N–H and O–H groups in total. The molecule has 0 spiro atoms. The van der Waals surface area contributed by atoms with Gasteiger partial charge in [0.2, 0.25) is 5.91 Å². The molecule has 1 amide bonds. The number of rotatable bonds is 6. The summed E-state index contributed by atoms with van der Waals surface area (Å²) < 4.78 is 4.58. The molecule has 3 nitrogen and oxygen atoms in total. The summed E-state index contributed by atoms with van der Waals surface area (Å²) >= 11 is 3.50. The summed E-state index contributed by atoms with van der Waals surface area (Å²) in [6.45, 7) is 8.49. The molecule has 0 saturated heterocycles. The number of carbonyl (C=O) groups excluding carboxylic acids is 1. The van der Waals surface area contributed by atoms with Gasteiger partial charge in [-0.05, 0) is 62.8 Å². The van der Waals surface area contributed by atoms with Crippen LogP contribution in [0.2, 0.25) is 0 Å². The number of benzene rings is 1. The predicted octanol–water partition coefficient (Wildman–Crippen LogP) is 5.21. The minimum absolute atomic E-state index is 0.0230. The van der Waals surface area contributed by atoms with E-state index < -0.39 is 4.32 Å². The molecule has 24 heavy (non-hydrogen) atoms. The number of nitrogens with zero attached hydrogens (tertiary/aromatic N) is 1. The molecule has 0 bridgehead atoms. The van der Waals surface area contributed by atoms with Gasteiger partial charge in [0.25, 0.3) is 0 Å². The highest BCUT2D eigenvalue weighted by Crippen LogP contribution is 2.30. The molecule has 0 fully saturated rings. The molecule has 4 heteroatoms. The van der Waals surface area contributed by atoms with Gasteiger partial charge in [-0.2, -0.15) is 0 Å². The van der Waals surface area contributed by atoms with Crippen molar-refractivity contribution in [1.82, 2.24) is 4.90 Å². The lowest BCUT2D eigenvalue weighted by Gasteiger charge is -2.32. The van der Waals surface area contributed by atoms with Crippen LogP contribution in [0.4, 0.5) is 0 Å². The number of amides is 1. The van der Waals surface area contributed by atoms with Crippen molar-refractivity contribution in [3.63, 3.8) is 0 Å². The maximum Gasteiger partial charge on any atom is 0.243 e. The van der Waals surface area contributed by atoms with Gasteiger partial charge in [-0.25, -0.2) is 0 Å². The van der Waals surface area contributed by atoms with Gasteiger partial charge in [0.15, 0.2) is 0 Å². The van der Waals surface area contributed by atoms with Gasteiger partial charge in [0, 0.05) is 5.70 Å². The summed E-state index contributed by atoms with van der Waals surface area (Å²) in [7, 11) is 1.65. The van der Waals surface area contributed by atoms with Crippen LogP contribution in [0.15, 0.2) is 48.2 Å². The first-order valence-electron chi connectivity index (χ1n) is 8.35. The molecule has 0 aromatic heterocycles. The fraction of sp³-hybridized carbons (Fsp3) is 0.450. The Labute approximate surface area is 153 Å². The van der Waals surface area contributed by atoms with Crippen molar-refractivity contribution in [2.24, 2.45) is 0 Å². The fourth-order valence-corrected chi connectivity index (χ4v) is 3.01. The average molecular weight is 392 g/mol. The molecule has 1 aromatic rings. The Kier molecular flexibility index (Phi) is 6.27. The van der Waals surface area contributed by atoms with E-state index in [2.05, 4.69) is 28.6 Å². The summed E-state index contributed by atoms with van der Waals surface area (Å²) in [6, 6.07) is 7.81. The Bertz CT molecular complexity index is 626. The van der Waals surface area contributed by atoms with E-state index in [0.717, 1.165) is 36.3 Å². The molecule has 1 aliphatic carbocycles. The van der Waals surface area contributed by atoms with Crippen LogP contribution in [0.25, 0.3) is 0 Å². The normalized spacial score (nSPS) is 14.8. The highest BCUT2D eigenvalue weighted by molar-refractivity contribution is 9.10. The van der Waals surface area contributed by atoms with Gasteiger partial charge in [0.05, 0.1) is 18.0 Å². The molecule has 0 radical (unpaired) electrons. The predicted molar refractivity (Wildman–Crippen MR) is 102 cm³/mol. The van der Waals surface area contributed by atoms with Crippen molar-refractivity contribution in [1.29, 1.82) is 0 Å². The fourth-order valence-electron chi connectivity index (χ4n) is 2.80. The van der Waals surface area contributed by atoms with Gasteiger partial charge < -0.3 is 9.64 Å². The third-order valence-electron chi connectivity index (χ3n) is 4.24. The summed E-state index contributed by atoms with van der Waals surface area (Å²) in [6.07, 6.45) is 6.66. The van der Waals surface area contributed by atoms with Crippen molar-refractivity contribution in [3.8, 4) is 5.75 Å².